The lowest BCUT2D eigenvalue weighted by molar-refractivity contribution is 0.462. The number of benzene rings is 1. The molecular weight excluding hydrogens is 234 g/mol. The SMILES string of the molecule is CN1CCC2CNCCN2c2ccc(Cl)cc21. The predicted molar refractivity (Wildman–Crippen MR) is 73.3 cm³/mol. The highest BCUT2D eigenvalue weighted by atomic mass is 35.5. The predicted octanol–water partition coefficient (Wildman–Crippen LogP) is 1.96. The van der Waals surface area contributed by atoms with Gasteiger partial charge in [0.2, 0.25) is 0 Å². The third-order valence-electron chi connectivity index (χ3n) is 3.81. The van der Waals surface area contributed by atoms with Crippen LogP contribution in [0.3, 0.4) is 0 Å². The van der Waals surface area contributed by atoms with Crippen molar-refractivity contribution in [2.24, 2.45) is 0 Å². The first kappa shape index (κ1) is 11.2. The van der Waals surface area contributed by atoms with Gasteiger partial charge in [0.1, 0.15) is 0 Å². The Hall–Kier alpha value is -0.930. The van der Waals surface area contributed by atoms with Gasteiger partial charge < -0.3 is 15.1 Å². The van der Waals surface area contributed by atoms with Crippen LogP contribution in [0.15, 0.2) is 18.2 Å². The maximum absolute atomic E-state index is 6.11. The van der Waals surface area contributed by atoms with Crippen LogP contribution in [0.5, 0.6) is 0 Å². The molecule has 92 valence electrons. The Morgan fingerprint density at radius 1 is 1.29 bits per heavy atom. The monoisotopic (exact) mass is 251 g/mol. The summed E-state index contributed by atoms with van der Waals surface area (Å²) in [6.45, 7) is 4.35. The summed E-state index contributed by atoms with van der Waals surface area (Å²) in [5.41, 5.74) is 2.60. The Balaban J connectivity index is 2.05. The number of nitrogens with zero attached hydrogens (tertiary/aromatic N) is 2. The van der Waals surface area contributed by atoms with Crippen LogP contribution in [-0.2, 0) is 0 Å². The molecular formula is C13H18ClN3. The van der Waals surface area contributed by atoms with E-state index in [1.54, 1.807) is 0 Å². The van der Waals surface area contributed by atoms with Crippen molar-refractivity contribution in [2.45, 2.75) is 12.5 Å². The molecule has 0 bridgehead atoms. The molecule has 1 fully saturated rings. The summed E-state index contributed by atoms with van der Waals surface area (Å²) in [5.74, 6) is 0. The average molecular weight is 252 g/mol. The average Bonchev–Trinajstić information content (AvgIpc) is 2.48. The van der Waals surface area contributed by atoms with Crippen LogP contribution < -0.4 is 15.1 Å². The second-order valence-electron chi connectivity index (χ2n) is 4.89. The molecule has 0 radical (unpaired) electrons. The van der Waals surface area contributed by atoms with Gasteiger partial charge in [0.15, 0.2) is 0 Å². The van der Waals surface area contributed by atoms with Crippen molar-refractivity contribution in [2.75, 3.05) is 43.0 Å². The van der Waals surface area contributed by atoms with Crippen LogP contribution in [0.2, 0.25) is 5.02 Å². The number of piperazine rings is 1. The highest BCUT2D eigenvalue weighted by Crippen LogP contribution is 2.36. The number of halogens is 1. The van der Waals surface area contributed by atoms with E-state index in [4.69, 9.17) is 11.6 Å². The minimum absolute atomic E-state index is 0.619. The summed E-state index contributed by atoms with van der Waals surface area (Å²) in [6, 6.07) is 6.87. The maximum Gasteiger partial charge on any atom is 0.0616 e. The fraction of sp³-hybridized carbons (Fsp3) is 0.538. The lowest BCUT2D eigenvalue weighted by Gasteiger charge is -2.37. The first-order valence-corrected chi connectivity index (χ1v) is 6.61. The van der Waals surface area contributed by atoms with E-state index in [-0.39, 0.29) is 0 Å². The van der Waals surface area contributed by atoms with Crippen LogP contribution in [0.4, 0.5) is 11.4 Å². The summed E-state index contributed by atoms with van der Waals surface area (Å²) in [4.78, 5) is 4.85. The van der Waals surface area contributed by atoms with Crippen molar-refractivity contribution in [1.82, 2.24) is 5.32 Å². The van der Waals surface area contributed by atoms with E-state index in [1.807, 2.05) is 6.07 Å². The second kappa shape index (κ2) is 4.39. The van der Waals surface area contributed by atoms with Gasteiger partial charge in [-0.3, -0.25) is 0 Å². The Kier molecular flexibility index (Phi) is 2.89. The van der Waals surface area contributed by atoms with E-state index in [2.05, 4.69) is 34.3 Å². The number of hydrogen-bond acceptors (Lipinski definition) is 3. The van der Waals surface area contributed by atoms with Gasteiger partial charge in [-0.1, -0.05) is 11.6 Å². The van der Waals surface area contributed by atoms with E-state index < -0.39 is 0 Å². The van der Waals surface area contributed by atoms with Crippen molar-refractivity contribution in [3.05, 3.63) is 23.2 Å². The summed E-state index contributed by atoms with van der Waals surface area (Å²) in [5, 5.41) is 4.31. The van der Waals surface area contributed by atoms with Gasteiger partial charge in [-0.15, -0.1) is 0 Å². The molecule has 1 N–H and O–H groups in total. The zero-order chi connectivity index (χ0) is 11.8. The van der Waals surface area contributed by atoms with E-state index in [1.165, 1.54) is 17.8 Å². The van der Waals surface area contributed by atoms with Crippen molar-refractivity contribution in [1.29, 1.82) is 0 Å². The Labute approximate surface area is 107 Å². The number of fused-ring (bicyclic) bond motifs is 3. The summed E-state index contributed by atoms with van der Waals surface area (Å²) >= 11 is 6.11. The molecule has 1 aromatic rings. The molecule has 1 saturated heterocycles. The number of anilines is 2. The van der Waals surface area contributed by atoms with E-state index >= 15 is 0 Å². The fourth-order valence-corrected chi connectivity index (χ4v) is 3.01. The van der Waals surface area contributed by atoms with Crippen molar-refractivity contribution < 1.29 is 0 Å². The zero-order valence-corrected chi connectivity index (χ0v) is 10.9. The van der Waals surface area contributed by atoms with Gasteiger partial charge in [0.05, 0.1) is 11.4 Å². The summed E-state index contributed by atoms with van der Waals surface area (Å²) < 4.78 is 0. The Morgan fingerprint density at radius 2 is 2.18 bits per heavy atom. The second-order valence-corrected chi connectivity index (χ2v) is 5.33. The van der Waals surface area contributed by atoms with Crippen LogP contribution >= 0.6 is 11.6 Å². The Bertz CT molecular complexity index is 421. The molecule has 3 rings (SSSR count). The molecule has 1 aromatic carbocycles. The van der Waals surface area contributed by atoms with Gasteiger partial charge >= 0.3 is 0 Å². The smallest absolute Gasteiger partial charge is 0.0616 e. The zero-order valence-electron chi connectivity index (χ0n) is 10.1. The molecule has 4 heteroatoms. The normalized spacial score (nSPS) is 24.0. The van der Waals surface area contributed by atoms with Gasteiger partial charge in [-0.25, -0.2) is 0 Å². The number of hydrogen-bond donors (Lipinski definition) is 1. The van der Waals surface area contributed by atoms with Crippen molar-refractivity contribution in [3.8, 4) is 0 Å². The topological polar surface area (TPSA) is 18.5 Å². The van der Waals surface area contributed by atoms with Crippen LogP contribution in [0, 0.1) is 0 Å². The molecule has 2 aliphatic rings. The van der Waals surface area contributed by atoms with E-state index in [0.717, 1.165) is 31.2 Å². The molecule has 0 saturated carbocycles. The fourth-order valence-electron chi connectivity index (χ4n) is 2.84. The molecule has 1 atom stereocenters. The van der Waals surface area contributed by atoms with Crippen LogP contribution in [-0.4, -0.2) is 39.3 Å². The third kappa shape index (κ3) is 1.98. The molecule has 2 aliphatic heterocycles. The third-order valence-corrected chi connectivity index (χ3v) is 4.04. The summed E-state index contributed by atoms with van der Waals surface area (Å²) in [7, 11) is 2.15. The van der Waals surface area contributed by atoms with Crippen molar-refractivity contribution >= 4 is 23.0 Å². The standard InChI is InChI=1S/C13H18ClN3/c1-16-6-4-11-9-15-5-7-17(11)12-3-2-10(14)8-13(12)16/h2-3,8,11,15H,4-7,9H2,1H3. The van der Waals surface area contributed by atoms with Crippen molar-refractivity contribution in [3.63, 3.8) is 0 Å². The van der Waals surface area contributed by atoms with E-state index in [0.29, 0.717) is 6.04 Å². The minimum atomic E-state index is 0.619. The lowest BCUT2D eigenvalue weighted by Crippen LogP contribution is -2.51. The molecule has 1 unspecified atom stereocenters. The molecule has 2 heterocycles. The molecule has 0 spiro atoms. The largest absolute Gasteiger partial charge is 0.373 e. The molecule has 17 heavy (non-hydrogen) atoms. The van der Waals surface area contributed by atoms with Gasteiger partial charge in [0, 0.05) is 44.3 Å². The lowest BCUT2D eigenvalue weighted by atomic mass is 10.1. The maximum atomic E-state index is 6.11. The highest BCUT2D eigenvalue weighted by molar-refractivity contribution is 6.31. The van der Waals surface area contributed by atoms with Crippen LogP contribution in [0.25, 0.3) is 0 Å². The number of nitrogens with one attached hydrogen (secondary N) is 1. The van der Waals surface area contributed by atoms with Gasteiger partial charge in [-0.2, -0.15) is 0 Å². The summed E-state index contributed by atoms with van der Waals surface area (Å²) in [6.07, 6.45) is 1.20. The van der Waals surface area contributed by atoms with Gasteiger partial charge in [0.25, 0.3) is 0 Å². The minimum Gasteiger partial charge on any atom is -0.373 e. The molecule has 0 aromatic heterocycles. The quantitative estimate of drug-likeness (QED) is 0.761. The van der Waals surface area contributed by atoms with E-state index in [9.17, 15) is 0 Å². The van der Waals surface area contributed by atoms with Crippen LogP contribution in [0.1, 0.15) is 6.42 Å². The Morgan fingerprint density at radius 3 is 3.06 bits per heavy atom. The molecule has 0 aliphatic carbocycles. The first-order valence-electron chi connectivity index (χ1n) is 6.24. The van der Waals surface area contributed by atoms with Gasteiger partial charge in [-0.05, 0) is 24.6 Å². The number of rotatable bonds is 0. The molecule has 0 amide bonds. The molecule has 3 nitrogen and oxygen atoms in total. The highest BCUT2D eigenvalue weighted by Gasteiger charge is 2.28. The first-order chi connectivity index (χ1) is 8.25.